The first-order valence-electron chi connectivity index (χ1n) is 15.9. The molecule has 0 saturated carbocycles. The van der Waals surface area contributed by atoms with Gasteiger partial charge in [-0.15, -0.1) is 0 Å². The zero-order chi connectivity index (χ0) is 32.5. The quantitative estimate of drug-likeness (QED) is 0.168. The third kappa shape index (κ3) is 5.16. The molecule has 8 aromatic rings. The van der Waals surface area contributed by atoms with Gasteiger partial charge in [-0.3, -0.25) is 4.98 Å². The number of rotatable bonds is 7. The number of benzene rings is 6. The predicted octanol–water partition coefficient (Wildman–Crippen LogP) is 11.2. The Kier molecular flexibility index (Phi) is 7.44. The first-order chi connectivity index (χ1) is 23.7. The second-order valence-corrected chi connectivity index (χ2v) is 11.6. The van der Waals surface area contributed by atoms with E-state index in [9.17, 15) is 0 Å². The number of fused-ring (bicyclic) bond motifs is 3. The standard InChI is InChI=1S/C44H30N4/c1-3-35-36(4-2)39-21-13-20-37(41(39)40-19-12-11-18-38(35)40)33-26-32(29-22-24-45-25-23-29)27-34(28-33)44-47-42(30-14-7-5-8-15-30)46-43(48-44)31-16-9-6-10-17-31/h3-28H,1-2H2. The van der Waals surface area contributed by atoms with Crippen LogP contribution in [-0.4, -0.2) is 19.9 Å². The van der Waals surface area contributed by atoms with E-state index in [0.717, 1.165) is 71.6 Å². The smallest absolute Gasteiger partial charge is 0.164 e. The largest absolute Gasteiger partial charge is 0.265 e. The topological polar surface area (TPSA) is 51.6 Å². The Bertz CT molecular complexity index is 2410. The fraction of sp³-hybridized carbons (Fsp3) is 0. The maximum absolute atomic E-state index is 5.07. The third-order valence-corrected chi connectivity index (χ3v) is 8.75. The Morgan fingerprint density at radius 2 is 0.896 bits per heavy atom. The Morgan fingerprint density at radius 1 is 0.396 bits per heavy atom. The third-order valence-electron chi connectivity index (χ3n) is 8.75. The number of aromatic nitrogens is 4. The van der Waals surface area contributed by atoms with Crippen LogP contribution in [0.4, 0.5) is 0 Å². The lowest BCUT2D eigenvalue weighted by Gasteiger charge is -2.17. The zero-order valence-corrected chi connectivity index (χ0v) is 26.2. The van der Waals surface area contributed by atoms with Crippen molar-refractivity contribution in [2.45, 2.75) is 0 Å². The van der Waals surface area contributed by atoms with Crippen LogP contribution in [0, 0.1) is 0 Å². The van der Waals surface area contributed by atoms with E-state index in [1.54, 1.807) is 0 Å². The van der Waals surface area contributed by atoms with Gasteiger partial charge in [-0.25, -0.2) is 15.0 Å². The molecule has 8 rings (SSSR count). The Balaban J connectivity index is 1.44. The SMILES string of the molecule is C=Cc1c(C=C)c2cccc(-c3cc(-c4ccncc4)cc(-c4nc(-c5ccccc5)nc(-c5ccccc5)n4)c3)c2c2ccccc12. The fourth-order valence-corrected chi connectivity index (χ4v) is 6.53. The predicted molar refractivity (Wildman–Crippen MR) is 200 cm³/mol. The van der Waals surface area contributed by atoms with Crippen LogP contribution in [0.5, 0.6) is 0 Å². The molecule has 48 heavy (non-hydrogen) atoms. The molecule has 4 nitrogen and oxygen atoms in total. The minimum Gasteiger partial charge on any atom is -0.265 e. The molecule has 0 unspecified atom stereocenters. The maximum Gasteiger partial charge on any atom is 0.164 e. The van der Waals surface area contributed by atoms with Crippen molar-refractivity contribution in [3.8, 4) is 56.4 Å². The molecule has 0 aliphatic rings. The molecule has 2 heterocycles. The Labute approximate surface area is 279 Å². The van der Waals surface area contributed by atoms with Crippen LogP contribution in [0.25, 0.3) is 90.1 Å². The summed E-state index contributed by atoms with van der Waals surface area (Å²) >= 11 is 0. The molecule has 2 aromatic heterocycles. The highest BCUT2D eigenvalue weighted by Gasteiger charge is 2.18. The number of pyridine rings is 1. The minimum absolute atomic E-state index is 0.602. The van der Waals surface area contributed by atoms with Crippen molar-refractivity contribution >= 4 is 33.7 Å². The van der Waals surface area contributed by atoms with Crippen LogP contribution < -0.4 is 0 Å². The molecule has 0 N–H and O–H groups in total. The molecule has 0 aliphatic carbocycles. The second-order valence-electron chi connectivity index (χ2n) is 11.6. The Morgan fingerprint density at radius 3 is 1.52 bits per heavy atom. The van der Waals surface area contributed by atoms with Gasteiger partial charge in [0.2, 0.25) is 0 Å². The number of hydrogen-bond donors (Lipinski definition) is 0. The van der Waals surface area contributed by atoms with E-state index in [4.69, 9.17) is 15.0 Å². The minimum atomic E-state index is 0.602. The summed E-state index contributed by atoms with van der Waals surface area (Å²) < 4.78 is 0. The van der Waals surface area contributed by atoms with E-state index in [1.165, 1.54) is 0 Å². The lowest BCUT2D eigenvalue weighted by Crippen LogP contribution is -2.00. The van der Waals surface area contributed by atoms with Gasteiger partial charge in [-0.2, -0.15) is 0 Å². The number of nitrogens with zero attached hydrogens (tertiary/aromatic N) is 4. The van der Waals surface area contributed by atoms with E-state index in [2.05, 4.69) is 78.8 Å². The molecule has 0 spiro atoms. The van der Waals surface area contributed by atoms with Gasteiger partial charge in [-0.05, 0) is 85.3 Å². The van der Waals surface area contributed by atoms with Crippen molar-refractivity contribution in [2.24, 2.45) is 0 Å². The average Bonchev–Trinajstić information content (AvgIpc) is 3.17. The molecule has 6 aromatic carbocycles. The summed E-state index contributed by atoms with van der Waals surface area (Å²) in [4.78, 5) is 19.4. The molecule has 4 heteroatoms. The molecular formula is C44H30N4. The summed E-state index contributed by atoms with van der Waals surface area (Å²) in [5.41, 5.74) is 9.18. The Hall–Kier alpha value is -6.52. The van der Waals surface area contributed by atoms with Crippen molar-refractivity contribution in [3.63, 3.8) is 0 Å². The van der Waals surface area contributed by atoms with Crippen LogP contribution in [0.15, 0.2) is 159 Å². The van der Waals surface area contributed by atoms with Crippen LogP contribution in [0.2, 0.25) is 0 Å². The monoisotopic (exact) mass is 614 g/mol. The number of hydrogen-bond acceptors (Lipinski definition) is 4. The highest BCUT2D eigenvalue weighted by atomic mass is 15.0. The summed E-state index contributed by atoms with van der Waals surface area (Å²) in [5, 5.41) is 4.60. The summed E-state index contributed by atoms with van der Waals surface area (Å²) in [6.45, 7) is 8.35. The van der Waals surface area contributed by atoms with Gasteiger partial charge in [0.15, 0.2) is 17.5 Å². The van der Waals surface area contributed by atoms with E-state index in [-0.39, 0.29) is 0 Å². The molecule has 0 atom stereocenters. The van der Waals surface area contributed by atoms with Crippen molar-refractivity contribution < 1.29 is 0 Å². The highest BCUT2D eigenvalue weighted by molar-refractivity contribution is 6.19. The van der Waals surface area contributed by atoms with Crippen LogP contribution in [0.3, 0.4) is 0 Å². The van der Waals surface area contributed by atoms with E-state index in [1.807, 2.05) is 97.3 Å². The molecule has 226 valence electrons. The molecule has 0 saturated heterocycles. The molecule has 0 amide bonds. The molecular weight excluding hydrogens is 585 g/mol. The molecule has 0 aliphatic heterocycles. The molecule has 0 radical (unpaired) electrons. The lowest BCUT2D eigenvalue weighted by atomic mass is 9.86. The summed E-state index contributed by atoms with van der Waals surface area (Å²) in [7, 11) is 0. The average molecular weight is 615 g/mol. The first kappa shape index (κ1) is 28.9. The van der Waals surface area contributed by atoms with Crippen molar-refractivity contribution in [1.29, 1.82) is 0 Å². The molecule has 0 fully saturated rings. The normalized spacial score (nSPS) is 11.1. The van der Waals surface area contributed by atoms with Gasteiger partial charge in [0.05, 0.1) is 0 Å². The highest BCUT2D eigenvalue weighted by Crippen LogP contribution is 2.42. The van der Waals surface area contributed by atoms with Gasteiger partial charge in [0, 0.05) is 29.1 Å². The maximum atomic E-state index is 5.07. The van der Waals surface area contributed by atoms with Gasteiger partial charge in [0.1, 0.15) is 0 Å². The van der Waals surface area contributed by atoms with Crippen LogP contribution in [0.1, 0.15) is 11.1 Å². The van der Waals surface area contributed by atoms with E-state index >= 15 is 0 Å². The summed E-state index contributed by atoms with van der Waals surface area (Å²) in [6, 6.07) is 45.8. The van der Waals surface area contributed by atoms with Gasteiger partial charge >= 0.3 is 0 Å². The van der Waals surface area contributed by atoms with Gasteiger partial charge < -0.3 is 0 Å². The zero-order valence-electron chi connectivity index (χ0n) is 26.2. The van der Waals surface area contributed by atoms with E-state index < -0.39 is 0 Å². The van der Waals surface area contributed by atoms with Crippen LogP contribution >= 0.6 is 0 Å². The van der Waals surface area contributed by atoms with Gasteiger partial charge in [-0.1, -0.05) is 128 Å². The summed E-state index contributed by atoms with van der Waals surface area (Å²) in [5.74, 6) is 1.85. The molecule has 0 bridgehead atoms. The van der Waals surface area contributed by atoms with Crippen LogP contribution in [-0.2, 0) is 0 Å². The lowest BCUT2D eigenvalue weighted by molar-refractivity contribution is 1.07. The van der Waals surface area contributed by atoms with Crippen molar-refractivity contribution in [3.05, 3.63) is 170 Å². The second kappa shape index (κ2) is 12.3. The van der Waals surface area contributed by atoms with Crippen molar-refractivity contribution in [1.82, 2.24) is 19.9 Å². The van der Waals surface area contributed by atoms with Gasteiger partial charge in [0.25, 0.3) is 0 Å². The van der Waals surface area contributed by atoms with E-state index in [0.29, 0.717) is 17.5 Å². The first-order valence-corrected chi connectivity index (χ1v) is 15.9. The summed E-state index contributed by atoms with van der Waals surface area (Å²) in [6.07, 6.45) is 7.52. The fourth-order valence-electron chi connectivity index (χ4n) is 6.53. The van der Waals surface area contributed by atoms with Crippen molar-refractivity contribution in [2.75, 3.05) is 0 Å².